The van der Waals surface area contributed by atoms with Crippen LogP contribution in [0.1, 0.15) is 11.3 Å². The molecule has 2 nitrogen and oxygen atoms in total. The zero-order chi connectivity index (χ0) is 11.4. The molecular formula is C12H13BrN2S. The summed E-state index contributed by atoms with van der Waals surface area (Å²) in [6, 6.07) is 8.45. The Balaban J connectivity index is 1.94. The van der Waals surface area contributed by atoms with Crippen LogP contribution in [0.4, 0.5) is 5.13 Å². The summed E-state index contributed by atoms with van der Waals surface area (Å²) in [5.41, 5.74) is 2.51. The van der Waals surface area contributed by atoms with Gasteiger partial charge < -0.3 is 5.32 Å². The van der Waals surface area contributed by atoms with E-state index in [0.29, 0.717) is 0 Å². The van der Waals surface area contributed by atoms with Crippen LogP contribution < -0.4 is 5.32 Å². The number of thiazole rings is 1. The first-order chi connectivity index (χ1) is 7.78. The smallest absolute Gasteiger partial charge is 0.182 e. The number of hydrogen-bond donors (Lipinski definition) is 1. The average molecular weight is 297 g/mol. The number of halogens is 1. The summed E-state index contributed by atoms with van der Waals surface area (Å²) in [5.74, 6) is 0. The molecule has 4 heteroatoms. The van der Waals surface area contributed by atoms with Crippen molar-refractivity contribution in [1.29, 1.82) is 0 Å². The molecule has 0 aliphatic rings. The largest absolute Gasteiger partial charge is 0.365 e. The topological polar surface area (TPSA) is 24.9 Å². The van der Waals surface area contributed by atoms with Crippen molar-refractivity contribution in [2.75, 3.05) is 12.4 Å². The Labute approximate surface area is 108 Å². The summed E-state index contributed by atoms with van der Waals surface area (Å²) < 4.78 is 1.13. The SMILES string of the molecule is CNc1nc(CCc2ccc(Br)cc2)cs1. The lowest BCUT2D eigenvalue weighted by Gasteiger charge is -1.99. The summed E-state index contributed by atoms with van der Waals surface area (Å²) in [4.78, 5) is 4.46. The van der Waals surface area contributed by atoms with Crippen molar-refractivity contribution in [3.05, 3.63) is 45.4 Å². The van der Waals surface area contributed by atoms with Crippen molar-refractivity contribution in [1.82, 2.24) is 4.98 Å². The fourth-order valence-corrected chi connectivity index (χ4v) is 2.43. The van der Waals surface area contributed by atoms with Gasteiger partial charge in [-0.3, -0.25) is 0 Å². The van der Waals surface area contributed by atoms with Crippen LogP contribution in [0.5, 0.6) is 0 Å². The second kappa shape index (κ2) is 5.46. The van der Waals surface area contributed by atoms with Gasteiger partial charge in [0.2, 0.25) is 0 Å². The van der Waals surface area contributed by atoms with E-state index in [1.54, 1.807) is 11.3 Å². The van der Waals surface area contributed by atoms with Gasteiger partial charge in [0.1, 0.15) is 0 Å². The predicted octanol–water partition coefficient (Wildman–Crippen LogP) is 3.73. The Morgan fingerprint density at radius 1 is 1.25 bits per heavy atom. The minimum atomic E-state index is 0.991. The Morgan fingerprint density at radius 2 is 2.00 bits per heavy atom. The number of aryl methyl sites for hydroxylation is 2. The molecule has 0 spiro atoms. The van der Waals surface area contributed by atoms with Crippen molar-refractivity contribution in [2.45, 2.75) is 12.8 Å². The number of benzene rings is 1. The van der Waals surface area contributed by atoms with Crippen LogP contribution in [0, 0.1) is 0 Å². The van der Waals surface area contributed by atoms with E-state index in [0.717, 1.165) is 28.1 Å². The van der Waals surface area contributed by atoms with Crippen LogP contribution in [-0.4, -0.2) is 12.0 Å². The van der Waals surface area contributed by atoms with Crippen LogP contribution in [0.15, 0.2) is 34.1 Å². The van der Waals surface area contributed by atoms with Crippen LogP contribution in [0.2, 0.25) is 0 Å². The molecule has 0 unspecified atom stereocenters. The second-order valence-electron chi connectivity index (χ2n) is 3.52. The monoisotopic (exact) mass is 296 g/mol. The minimum Gasteiger partial charge on any atom is -0.365 e. The Morgan fingerprint density at radius 3 is 2.62 bits per heavy atom. The van der Waals surface area contributed by atoms with E-state index >= 15 is 0 Å². The Hall–Kier alpha value is -0.870. The van der Waals surface area contributed by atoms with E-state index in [2.05, 4.69) is 55.9 Å². The van der Waals surface area contributed by atoms with Gasteiger partial charge in [-0.2, -0.15) is 0 Å². The van der Waals surface area contributed by atoms with Crippen molar-refractivity contribution in [2.24, 2.45) is 0 Å². The van der Waals surface area contributed by atoms with Crippen LogP contribution in [0.25, 0.3) is 0 Å². The maximum atomic E-state index is 4.46. The molecule has 0 aliphatic heterocycles. The van der Waals surface area contributed by atoms with Gasteiger partial charge in [-0.15, -0.1) is 11.3 Å². The van der Waals surface area contributed by atoms with Gasteiger partial charge in [-0.25, -0.2) is 4.98 Å². The van der Waals surface area contributed by atoms with E-state index in [9.17, 15) is 0 Å². The summed E-state index contributed by atoms with van der Waals surface area (Å²) in [6.07, 6.45) is 2.04. The molecule has 0 saturated carbocycles. The van der Waals surface area contributed by atoms with Crippen LogP contribution >= 0.6 is 27.3 Å². The molecule has 0 aliphatic carbocycles. The molecule has 1 heterocycles. The summed E-state index contributed by atoms with van der Waals surface area (Å²) in [7, 11) is 1.90. The lowest BCUT2D eigenvalue weighted by atomic mass is 10.1. The van der Waals surface area contributed by atoms with Gasteiger partial charge in [0.15, 0.2) is 5.13 Å². The van der Waals surface area contributed by atoms with E-state index in [-0.39, 0.29) is 0 Å². The van der Waals surface area contributed by atoms with E-state index in [1.807, 2.05) is 7.05 Å². The molecule has 0 saturated heterocycles. The highest BCUT2D eigenvalue weighted by atomic mass is 79.9. The van der Waals surface area contributed by atoms with E-state index < -0.39 is 0 Å². The molecule has 0 amide bonds. The molecule has 2 aromatic rings. The van der Waals surface area contributed by atoms with Crippen molar-refractivity contribution in [3.8, 4) is 0 Å². The molecule has 16 heavy (non-hydrogen) atoms. The predicted molar refractivity (Wildman–Crippen MR) is 73.2 cm³/mol. The maximum absolute atomic E-state index is 4.46. The van der Waals surface area contributed by atoms with Gasteiger partial charge in [0, 0.05) is 16.9 Å². The third kappa shape index (κ3) is 3.06. The molecule has 1 aromatic carbocycles. The second-order valence-corrected chi connectivity index (χ2v) is 5.29. The molecule has 2 rings (SSSR count). The molecule has 0 atom stereocenters. The lowest BCUT2D eigenvalue weighted by Crippen LogP contribution is -1.92. The third-order valence-corrected chi connectivity index (χ3v) is 3.79. The van der Waals surface area contributed by atoms with Crippen molar-refractivity contribution in [3.63, 3.8) is 0 Å². The quantitative estimate of drug-likeness (QED) is 0.930. The Kier molecular flexibility index (Phi) is 3.96. The molecule has 0 radical (unpaired) electrons. The molecule has 0 fully saturated rings. The molecule has 0 bridgehead atoms. The van der Waals surface area contributed by atoms with Crippen LogP contribution in [-0.2, 0) is 12.8 Å². The third-order valence-electron chi connectivity index (χ3n) is 2.35. The molecule has 1 N–H and O–H groups in total. The minimum absolute atomic E-state index is 0.991. The summed E-state index contributed by atoms with van der Waals surface area (Å²) >= 11 is 5.09. The first kappa shape index (κ1) is 11.6. The van der Waals surface area contributed by atoms with Crippen LogP contribution in [0.3, 0.4) is 0 Å². The zero-order valence-electron chi connectivity index (χ0n) is 9.03. The van der Waals surface area contributed by atoms with Crippen molar-refractivity contribution >= 4 is 32.4 Å². The highest BCUT2D eigenvalue weighted by Crippen LogP contribution is 2.17. The normalized spacial score (nSPS) is 10.4. The van der Waals surface area contributed by atoms with Gasteiger partial charge in [0.05, 0.1) is 5.69 Å². The Bertz CT molecular complexity index is 450. The number of nitrogens with zero attached hydrogens (tertiary/aromatic N) is 1. The molecular weight excluding hydrogens is 284 g/mol. The highest BCUT2D eigenvalue weighted by molar-refractivity contribution is 9.10. The fourth-order valence-electron chi connectivity index (χ4n) is 1.46. The van der Waals surface area contributed by atoms with E-state index in [4.69, 9.17) is 0 Å². The van der Waals surface area contributed by atoms with Gasteiger partial charge in [-0.1, -0.05) is 28.1 Å². The van der Waals surface area contributed by atoms with Gasteiger partial charge >= 0.3 is 0 Å². The lowest BCUT2D eigenvalue weighted by molar-refractivity contribution is 0.926. The standard InChI is InChI=1S/C12H13BrN2S/c1-14-12-15-11(8-16-12)7-4-9-2-5-10(13)6-3-9/h2-3,5-6,8H,4,7H2,1H3,(H,14,15). The number of aromatic nitrogens is 1. The zero-order valence-corrected chi connectivity index (χ0v) is 11.4. The number of nitrogens with one attached hydrogen (secondary N) is 1. The molecule has 1 aromatic heterocycles. The highest BCUT2D eigenvalue weighted by Gasteiger charge is 2.01. The van der Waals surface area contributed by atoms with Gasteiger partial charge in [0.25, 0.3) is 0 Å². The summed E-state index contributed by atoms with van der Waals surface area (Å²) in [6.45, 7) is 0. The number of anilines is 1. The van der Waals surface area contributed by atoms with Gasteiger partial charge in [-0.05, 0) is 30.5 Å². The maximum Gasteiger partial charge on any atom is 0.182 e. The fraction of sp³-hybridized carbons (Fsp3) is 0.250. The van der Waals surface area contributed by atoms with E-state index in [1.165, 1.54) is 5.56 Å². The first-order valence-electron chi connectivity index (χ1n) is 5.14. The molecule has 84 valence electrons. The average Bonchev–Trinajstić information content (AvgIpc) is 2.76. The number of hydrogen-bond acceptors (Lipinski definition) is 3. The number of rotatable bonds is 4. The van der Waals surface area contributed by atoms with Crippen molar-refractivity contribution < 1.29 is 0 Å². The summed E-state index contributed by atoms with van der Waals surface area (Å²) in [5, 5.41) is 6.16. The first-order valence-corrected chi connectivity index (χ1v) is 6.82.